The number of benzene rings is 2. The molecule has 0 saturated heterocycles. The van der Waals surface area contributed by atoms with Crippen LogP contribution in [0.25, 0.3) is 15.3 Å². The largest absolute Gasteiger partial charge is 0.306 e. The smallest absolute Gasteiger partial charge is 0.256 e. The van der Waals surface area contributed by atoms with E-state index < -0.39 is 0 Å². The molecule has 7 heteroatoms. The molecule has 1 N–H and O–H groups in total. The van der Waals surface area contributed by atoms with Crippen LogP contribution in [0.2, 0.25) is 0 Å². The van der Waals surface area contributed by atoms with Gasteiger partial charge in [-0.25, -0.2) is 4.98 Å². The molecule has 29 heavy (non-hydrogen) atoms. The number of rotatable bonds is 5. The molecule has 1 aliphatic rings. The maximum Gasteiger partial charge on any atom is 0.256 e. The van der Waals surface area contributed by atoms with Gasteiger partial charge < -0.3 is 5.32 Å². The first-order valence-electron chi connectivity index (χ1n) is 9.74. The zero-order valence-electron chi connectivity index (χ0n) is 16.0. The normalized spacial score (nSPS) is 13.0. The van der Waals surface area contributed by atoms with Gasteiger partial charge in [-0.3, -0.25) is 4.79 Å². The third-order valence-corrected chi connectivity index (χ3v) is 6.90. The molecule has 0 spiro atoms. The van der Waals surface area contributed by atoms with Crippen LogP contribution >= 0.6 is 23.1 Å². The number of nitrogens with one attached hydrogen (secondary N) is 1. The number of carbonyl (C=O) groups excluding carboxylic acids is 1. The van der Waals surface area contributed by atoms with Crippen molar-refractivity contribution in [2.24, 2.45) is 0 Å². The van der Waals surface area contributed by atoms with Gasteiger partial charge in [-0.2, -0.15) is 9.78 Å². The van der Waals surface area contributed by atoms with Gasteiger partial charge in [-0.1, -0.05) is 36.5 Å². The van der Waals surface area contributed by atoms with E-state index in [4.69, 9.17) is 10.1 Å². The molecule has 2 heterocycles. The van der Waals surface area contributed by atoms with E-state index in [2.05, 4.69) is 18.3 Å². The fourth-order valence-electron chi connectivity index (χ4n) is 3.68. The Kier molecular flexibility index (Phi) is 4.85. The number of hydrogen-bond donors (Lipinski definition) is 1. The quantitative estimate of drug-likeness (QED) is 0.443. The molecule has 2 aromatic heterocycles. The van der Waals surface area contributed by atoms with Crippen molar-refractivity contribution in [3.8, 4) is 5.13 Å². The first kappa shape index (κ1) is 18.4. The van der Waals surface area contributed by atoms with Gasteiger partial charge >= 0.3 is 0 Å². The van der Waals surface area contributed by atoms with Crippen molar-refractivity contribution < 1.29 is 4.79 Å². The standard InChI is InChI=1S/C22H20N4OS2/c1-2-28-15-8-5-7-14(13-15)21(27)24-20-16-9-6-11-17(16)25-26(20)22-23-18-10-3-4-12-19(18)29-22/h3-5,7-8,10,12-13H,2,6,9,11H2,1H3,(H,24,27). The lowest BCUT2D eigenvalue weighted by Gasteiger charge is -2.10. The maximum absolute atomic E-state index is 13.0. The number of amides is 1. The third kappa shape index (κ3) is 3.45. The van der Waals surface area contributed by atoms with Crippen molar-refractivity contribution >= 4 is 45.0 Å². The molecule has 1 aliphatic carbocycles. The first-order chi connectivity index (χ1) is 14.2. The van der Waals surface area contributed by atoms with Crippen LogP contribution in [0.4, 0.5) is 5.82 Å². The summed E-state index contributed by atoms with van der Waals surface area (Å²) in [7, 11) is 0. The lowest BCUT2D eigenvalue weighted by molar-refractivity contribution is 0.102. The van der Waals surface area contributed by atoms with Gasteiger partial charge in [0.1, 0.15) is 5.82 Å². The molecule has 5 rings (SSSR count). The Balaban J connectivity index is 1.53. The van der Waals surface area contributed by atoms with E-state index in [-0.39, 0.29) is 5.91 Å². The summed E-state index contributed by atoms with van der Waals surface area (Å²) in [6, 6.07) is 15.8. The second-order valence-corrected chi connectivity index (χ2v) is 9.26. The highest BCUT2D eigenvalue weighted by Gasteiger charge is 2.26. The molecule has 4 aromatic rings. The topological polar surface area (TPSA) is 59.8 Å². The van der Waals surface area contributed by atoms with Crippen LogP contribution in [0.1, 0.15) is 35.0 Å². The van der Waals surface area contributed by atoms with Crippen LogP contribution in [0.15, 0.2) is 53.4 Å². The number of carbonyl (C=O) groups is 1. The third-order valence-electron chi connectivity index (χ3n) is 5.01. The number of para-hydroxylation sites is 1. The average molecular weight is 421 g/mol. The Morgan fingerprint density at radius 3 is 2.97 bits per heavy atom. The summed E-state index contributed by atoms with van der Waals surface area (Å²) in [6.07, 6.45) is 2.95. The number of hydrogen-bond acceptors (Lipinski definition) is 5. The predicted octanol–water partition coefficient (Wildman–Crippen LogP) is 5.34. The van der Waals surface area contributed by atoms with E-state index >= 15 is 0 Å². The summed E-state index contributed by atoms with van der Waals surface area (Å²) in [5.74, 6) is 1.62. The minimum atomic E-state index is -0.111. The molecule has 146 valence electrons. The fourth-order valence-corrected chi connectivity index (χ4v) is 5.33. The molecule has 0 fully saturated rings. The predicted molar refractivity (Wildman–Crippen MR) is 120 cm³/mol. The zero-order chi connectivity index (χ0) is 19.8. The lowest BCUT2D eigenvalue weighted by Crippen LogP contribution is -2.16. The Morgan fingerprint density at radius 1 is 1.21 bits per heavy atom. The zero-order valence-corrected chi connectivity index (χ0v) is 17.6. The molecule has 0 aliphatic heterocycles. The van der Waals surface area contributed by atoms with E-state index in [9.17, 15) is 4.79 Å². The molecule has 0 saturated carbocycles. The minimum absolute atomic E-state index is 0.111. The number of fused-ring (bicyclic) bond motifs is 2. The fraction of sp³-hybridized carbons (Fsp3) is 0.227. The monoisotopic (exact) mass is 420 g/mol. The Morgan fingerprint density at radius 2 is 2.10 bits per heavy atom. The van der Waals surface area contributed by atoms with Crippen molar-refractivity contribution in [3.05, 3.63) is 65.4 Å². The number of thioether (sulfide) groups is 1. The summed E-state index contributed by atoms with van der Waals surface area (Å²) in [5, 5.41) is 8.72. The number of thiazole rings is 1. The van der Waals surface area contributed by atoms with Crippen LogP contribution in [0, 0.1) is 0 Å². The van der Waals surface area contributed by atoms with E-state index in [1.165, 1.54) is 0 Å². The van der Waals surface area contributed by atoms with E-state index in [0.29, 0.717) is 5.56 Å². The van der Waals surface area contributed by atoms with Crippen LogP contribution in [-0.4, -0.2) is 26.4 Å². The summed E-state index contributed by atoms with van der Waals surface area (Å²) < 4.78 is 2.93. The highest BCUT2D eigenvalue weighted by molar-refractivity contribution is 7.99. The molecule has 0 unspecified atom stereocenters. The lowest BCUT2D eigenvalue weighted by atomic mass is 10.2. The molecular formula is C22H20N4OS2. The van der Waals surface area contributed by atoms with Gasteiger partial charge in [0, 0.05) is 16.0 Å². The van der Waals surface area contributed by atoms with Crippen LogP contribution in [0.5, 0.6) is 0 Å². The van der Waals surface area contributed by atoms with Gasteiger partial charge in [-0.05, 0) is 55.3 Å². The maximum atomic E-state index is 13.0. The average Bonchev–Trinajstić information content (AvgIpc) is 3.43. The molecular weight excluding hydrogens is 400 g/mol. The molecule has 0 atom stereocenters. The van der Waals surface area contributed by atoms with Crippen LogP contribution in [0.3, 0.4) is 0 Å². The highest BCUT2D eigenvalue weighted by atomic mass is 32.2. The summed E-state index contributed by atoms with van der Waals surface area (Å²) in [5.41, 5.74) is 3.81. The van der Waals surface area contributed by atoms with Gasteiger partial charge in [0.15, 0.2) is 0 Å². The number of aromatic nitrogens is 3. The van der Waals surface area contributed by atoms with E-state index in [1.54, 1.807) is 23.1 Å². The summed E-state index contributed by atoms with van der Waals surface area (Å²) >= 11 is 3.32. The van der Waals surface area contributed by atoms with Crippen molar-refractivity contribution in [1.82, 2.24) is 14.8 Å². The van der Waals surface area contributed by atoms with Crippen molar-refractivity contribution in [2.75, 3.05) is 11.1 Å². The Labute approximate surface area is 177 Å². The molecule has 0 radical (unpaired) electrons. The van der Waals surface area contributed by atoms with Gasteiger partial charge in [0.2, 0.25) is 5.13 Å². The van der Waals surface area contributed by atoms with Crippen molar-refractivity contribution in [3.63, 3.8) is 0 Å². The SMILES string of the molecule is CCSc1cccc(C(=O)Nc2c3c(nn2-c2nc4ccccc4s2)CCC3)c1. The van der Waals surface area contributed by atoms with Gasteiger partial charge in [0.25, 0.3) is 5.91 Å². The summed E-state index contributed by atoms with van der Waals surface area (Å²) in [4.78, 5) is 18.9. The Hall–Kier alpha value is -2.64. The Bertz CT molecular complexity index is 1180. The van der Waals surface area contributed by atoms with E-state index in [0.717, 1.165) is 62.3 Å². The van der Waals surface area contributed by atoms with Gasteiger partial charge in [-0.15, -0.1) is 11.8 Å². The molecule has 0 bridgehead atoms. The van der Waals surface area contributed by atoms with Crippen LogP contribution in [-0.2, 0) is 12.8 Å². The van der Waals surface area contributed by atoms with Crippen molar-refractivity contribution in [1.29, 1.82) is 0 Å². The summed E-state index contributed by atoms with van der Waals surface area (Å²) in [6.45, 7) is 2.11. The highest BCUT2D eigenvalue weighted by Crippen LogP contribution is 2.34. The molecule has 5 nitrogen and oxygen atoms in total. The first-order valence-corrected chi connectivity index (χ1v) is 11.5. The minimum Gasteiger partial charge on any atom is -0.306 e. The number of anilines is 1. The molecule has 2 aromatic carbocycles. The molecule has 1 amide bonds. The van der Waals surface area contributed by atoms with Gasteiger partial charge in [0.05, 0.1) is 15.9 Å². The second-order valence-electron chi connectivity index (χ2n) is 6.92. The number of aryl methyl sites for hydroxylation is 1. The number of nitrogens with zero attached hydrogens (tertiary/aromatic N) is 3. The second kappa shape index (κ2) is 7.65. The van der Waals surface area contributed by atoms with E-state index in [1.807, 2.05) is 47.1 Å². The van der Waals surface area contributed by atoms with Crippen LogP contribution < -0.4 is 5.32 Å². The van der Waals surface area contributed by atoms with Crippen molar-refractivity contribution in [2.45, 2.75) is 31.1 Å².